The highest BCUT2D eigenvalue weighted by atomic mass is 35.5. The molecule has 19 heavy (non-hydrogen) atoms. The largest absolute Gasteiger partial charge is 0.468 e. The molecule has 0 fully saturated rings. The van der Waals surface area contributed by atoms with Crippen molar-refractivity contribution in [2.24, 2.45) is 0 Å². The molecule has 0 amide bonds. The average Bonchev–Trinajstić information content (AvgIpc) is 2.90. The van der Waals surface area contributed by atoms with Crippen molar-refractivity contribution >= 4 is 21.6 Å². The number of hydrogen-bond donors (Lipinski definition) is 1. The van der Waals surface area contributed by atoms with Gasteiger partial charge in [0.15, 0.2) is 0 Å². The Kier molecular flexibility index (Phi) is 3.90. The zero-order valence-electron chi connectivity index (χ0n) is 9.63. The van der Waals surface area contributed by atoms with Crippen LogP contribution in [0.3, 0.4) is 0 Å². The fourth-order valence-corrected chi connectivity index (χ4v) is 2.60. The third-order valence-electron chi connectivity index (χ3n) is 2.39. The summed E-state index contributed by atoms with van der Waals surface area (Å²) in [7, 11) is -3.71. The van der Waals surface area contributed by atoms with Crippen molar-refractivity contribution in [2.45, 2.75) is 11.4 Å². The molecule has 0 saturated carbocycles. The summed E-state index contributed by atoms with van der Waals surface area (Å²) in [6.07, 6.45) is 1.46. The van der Waals surface area contributed by atoms with E-state index < -0.39 is 10.0 Å². The fraction of sp³-hybridized carbons (Fsp3) is 0.0833. The summed E-state index contributed by atoms with van der Waals surface area (Å²) in [5, 5.41) is 9.04. The van der Waals surface area contributed by atoms with Gasteiger partial charge in [-0.15, -0.1) is 0 Å². The van der Waals surface area contributed by atoms with Gasteiger partial charge in [0, 0.05) is 0 Å². The van der Waals surface area contributed by atoms with Crippen LogP contribution in [0.1, 0.15) is 11.3 Å². The van der Waals surface area contributed by atoms with Crippen LogP contribution in [0.25, 0.3) is 0 Å². The van der Waals surface area contributed by atoms with Crippen LogP contribution < -0.4 is 4.72 Å². The Balaban J connectivity index is 2.22. The van der Waals surface area contributed by atoms with Crippen molar-refractivity contribution in [3.05, 3.63) is 52.9 Å². The molecule has 0 bridgehead atoms. The minimum atomic E-state index is -3.71. The van der Waals surface area contributed by atoms with Crippen molar-refractivity contribution in [3.8, 4) is 6.07 Å². The summed E-state index contributed by atoms with van der Waals surface area (Å²) in [6.45, 7) is 0.0415. The van der Waals surface area contributed by atoms with E-state index >= 15 is 0 Å². The lowest BCUT2D eigenvalue weighted by Gasteiger charge is -2.06. The first-order valence-corrected chi connectivity index (χ1v) is 7.11. The van der Waals surface area contributed by atoms with E-state index in [0.717, 1.165) is 0 Å². The highest BCUT2D eigenvalue weighted by molar-refractivity contribution is 7.89. The molecule has 7 heteroatoms. The van der Waals surface area contributed by atoms with E-state index in [0.29, 0.717) is 5.76 Å². The molecule has 2 aromatic rings. The Morgan fingerprint density at radius 1 is 1.37 bits per heavy atom. The lowest BCUT2D eigenvalue weighted by Crippen LogP contribution is -2.23. The molecule has 0 spiro atoms. The standard InChI is InChI=1S/C12H9ClN2O3S/c13-12-4-3-11(6-9(12)7-14)19(16,17)15-8-10-2-1-5-18-10/h1-6,15H,8H2. The number of nitriles is 1. The van der Waals surface area contributed by atoms with E-state index in [-0.39, 0.29) is 22.0 Å². The quantitative estimate of drug-likeness (QED) is 0.938. The fourth-order valence-electron chi connectivity index (χ4n) is 1.42. The van der Waals surface area contributed by atoms with E-state index in [1.165, 1.54) is 24.5 Å². The van der Waals surface area contributed by atoms with Gasteiger partial charge in [-0.2, -0.15) is 5.26 Å². The molecule has 98 valence electrons. The average molecular weight is 297 g/mol. The molecule has 0 radical (unpaired) electrons. The van der Waals surface area contributed by atoms with Gasteiger partial charge in [-0.3, -0.25) is 0 Å². The summed E-state index contributed by atoms with van der Waals surface area (Å²) in [6, 6.07) is 9.11. The van der Waals surface area contributed by atoms with Crippen LogP contribution in [-0.2, 0) is 16.6 Å². The summed E-state index contributed by atoms with van der Waals surface area (Å²) in [4.78, 5) is -0.0139. The molecule has 1 heterocycles. The van der Waals surface area contributed by atoms with Crippen molar-refractivity contribution in [1.82, 2.24) is 4.72 Å². The molecule has 0 saturated heterocycles. The number of rotatable bonds is 4. The first-order chi connectivity index (χ1) is 9.03. The maximum absolute atomic E-state index is 12.0. The van der Waals surface area contributed by atoms with Gasteiger partial charge < -0.3 is 4.42 Å². The minimum Gasteiger partial charge on any atom is -0.468 e. The molecule has 0 aliphatic heterocycles. The van der Waals surface area contributed by atoms with Crippen LogP contribution in [-0.4, -0.2) is 8.42 Å². The zero-order chi connectivity index (χ0) is 13.9. The molecule has 0 aliphatic carbocycles. The molecule has 5 nitrogen and oxygen atoms in total. The molecule has 1 aromatic heterocycles. The predicted molar refractivity (Wildman–Crippen MR) is 68.9 cm³/mol. The Bertz CT molecular complexity index is 718. The van der Waals surface area contributed by atoms with Crippen molar-refractivity contribution in [1.29, 1.82) is 5.26 Å². The van der Waals surface area contributed by atoms with Crippen LogP contribution in [0.2, 0.25) is 5.02 Å². The molecule has 2 rings (SSSR count). The summed E-state index contributed by atoms with van der Waals surface area (Å²) in [5.41, 5.74) is 0.113. The van der Waals surface area contributed by atoms with Crippen LogP contribution in [0.15, 0.2) is 45.9 Å². The Morgan fingerprint density at radius 3 is 2.79 bits per heavy atom. The molecule has 0 unspecified atom stereocenters. The number of hydrogen-bond acceptors (Lipinski definition) is 4. The topological polar surface area (TPSA) is 83.1 Å². The third-order valence-corrected chi connectivity index (χ3v) is 4.11. The first-order valence-electron chi connectivity index (χ1n) is 5.24. The minimum absolute atomic E-state index is 0.0139. The predicted octanol–water partition coefficient (Wildman–Crippen LogP) is 2.28. The van der Waals surface area contributed by atoms with E-state index in [4.69, 9.17) is 21.3 Å². The number of benzene rings is 1. The number of nitrogens with one attached hydrogen (secondary N) is 1. The van der Waals surface area contributed by atoms with Gasteiger partial charge in [0.1, 0.15) is 11.8 Å². The lowest BCUT2D eigenvalue weighted by atomic mass is 10.2. The van der Waals surface area contributed by atoms with E-state index in [9.17, 15) is 8.42 Å². The summed E-state index contributed by atoms with van der Waals surface area (Å²) >= 11 is 5.75. The monoisotopic (exact) mass is 296 g/mol. The second kappa shape index (κ2) is 5.45. The summed E-state index contributed by atoms with van der Waals surface area (Å²) < 4.78 is 31.4. The van der Waals surface area contributed by atoms with Crippen molar-refractivity contribution in [3.63, 3.8) is 0 Å². The van der Waals surface area contributed by atoms with Gasteiger partial charge in [0.25, 0.3) is 0 Å². The zero-order valence-corrected chi connectivity index (χ0v) is 11.2. The van der Waals surface area contributed by atoms with E-state index in [1.807, 2.05) is 6.07 Å². The second-order valence-corrected chi connectivity index (χ2v) is 5.83. The van der Waals surface area contributed by atoms with Gasteiger partial charge in [-0.05, 0) is 30.3 Å². The Labute approximate surface area is 115 Å². The van der Waals surface area contributed by atoms with Gasteiger partial charge in [-0.25, -0.2) is 13.1 Å². The molecule has 1 aromatic carbocycles. The van der Waals surface area contributed by atoms with Gasteiger partial charge in [-0.1, -0.05) is 11.6 Å². The van der Waals surface area contributed by atoms with Crippen molar-refractivity contribution < 1.29 is 12.8 Å². The van der Waals surface area contributed by atoms with Gasteiger partial charge in [0.2, 0.25) is 10.0 Å². The highest BCUT2D eigenvalue weighted by Gasteiger charge is 2.16. The maximum Gasteiger partial charge on any atom is 0.241 e. The lowest BCUT2D eigenvalue weighted by molar-refractivity contribution is 0.498. The number of sulfonamides is 1. The van der Waals surface area contributed by atoms with Crippen LogP contribution in [0, 0.1) is 11.3 Å². The van der Waals surface area contributed by atoms with Crippen LogP contribution >= 0.6 is 11.6 Å². The number of halogens is 1. The molecular formula is C12H9ClN2O3S. The Hall–Kier alpha value is -1.81. The summed E-state index contributed by atoms with van der Waals surface area (Å²) in [5.74, 6) is 0.498. The number of furan rings is 1. The number of nitrogens with zero attached hydrogens (tertiary/aromatic N) is 1. The maximum atomic E-state index is 12.0. The van der Waals surface area contributed by atoms with Crippen molar-refractivity contribution in [2.75, 3.05) is 0 Å². The SMILES string of the molecule is N#Cc1cc(S(=O)(=O)NCc2ccco2)ccc1Cl. The van der Waals surface area contributed by atoms with Gasteiger partial charge >= 0.3 is 0 Å². The van der Waals surface area contributed by atoms with E-state index in [2.05, 4.69) is 4.72 Å². The Morgan fingerprint density at radius 2 is 2.16 bits per heavy atom. The second-order valence-electron chi connectivity index (χ2n) is 3.66. The third kappa shape index (κ3) is 3.15. The normalized spacial score (nSPS) is 11.2. The molecular weight excluding hydrogens is 288 g/mol. The van der Waals surface area contributed by atoms with Crippen LogP contribution in [0.5, 0.6) is 0 Å². The highest BCUT2D eigenvalue weighted by Crippen LogP contribution is 2.19. The first kappa shape index (κ1) is 13.6. The molecule has 0 aliphatic rings. The van der Waals surface area contributed by atoms with E-state index in [1.54, 1.807) is 12.1 Å². The van der Waals surface area contributed by atoms with Gasteiger partial charge in [0.05, 0.1) is 28.3 Å². The smallest absolute Gasteiger partial charge is 0.241 e. The van der Waals surface area contributed by atoms with Crippen LogP contribution in [0.4, 0.5) is 0 Å². The molecule has 1 N–H and O–H groups in total. The molecule has 0 atom stereocenters.